The Morgan fingerprint density at radius 3 is 2.60 bits per heavy atom. The quantitative estimate of drug-likeness (QED) is 0.829. The molecule has 1 fully saturated rings. The molecule has 0 saturated carbocycles. The van der Waals surface area contributed by atoms with Gasteiger partial charge in [-0.3, -0.25) is 0 Å². The van der Waals surface area contributed by atoms with E-state index in [4.69, 9.17) is 4.74 Å². The third-order valence-electron chi connectivity index (χ3n) is 3.52. The molecular formula is C15H30N2O3. The third-order valence-corrected chi connectivity index (χ3v) is 3.52. The molecule has 2 N–H and O–H groups in total. The zero-order valence-corrected chi connectivity index (χ0v) is 13.5. The van der Waals surface area contributed by atoms with Crippen LogP contribution in [0.2, 0.25) is 0 Å². The summed E-state index contributed by atoms with van der Waals surface area (Å²) in [4.78, 5) is 13.8. The monoisotopic (exact) mass is 286 g/mol. The van der Waals surface area contributed by atoms with E-state index < -0.39 is 5.60 Å². The van der Waals surface area contributed by atoms with Crippen LogP contribution >= 0.6 is 0 Å². The average Bonchev–Trinajstić information content (AvgIpc) is 2.34. The Morgan fingerprint density at radius 1 is 1.45 bits per heavy atom. The maximum absolute atomic E-state index is 12.1. The highest BCUT2D eigenvalue weighted by Crippen LogP contribution is 2.16. The Balaban J connectivity index is 2.52. The lowest BCUT2D eigenvalue weighted by Gasteiger charge is -2.36. The number of carbonyl (C=O) groups is 1. The fourth-order valence-electron chi connectivity index (χ4n) is 2.36. The van der Waals surface area contributed by atoms with Gasteiger partial charge in [0, 0.05) is 25.2 Å². The van der Waals surface area contributed by atoms with Gasteiger partial charge in [0.15, 0.2) is 0 Å². The Bertz CT molecular complexity index is 313. The van der Waals surface area contributed by atoms with Gasteiger partial charge in [0.1, 0.15) is 5.60 Å². The van der Waals surface area contributed by atoms with E-state index >= 15 is 0 Å². The van der Waals surface area contributed by atoms with Gasteiger partial charge in [0.05, 0.1) is 6.61 Å². The number of hydrogen-bond donors (Lipinski definition) is 2. The molecule has 1 amide bonds. The average molecular weight is 286 g/mol. The first kappa shape index (κ1) is 17.2. The molecule has 1 aliphatic heterocycles. The van der Waals surface area contributed by atoms with Gasteiger partial charge < -0.3 is 20.1 Å². The van der Waals surface area contributed by atoms with Gasteiger partial charge in [-0.2, -0.15) is 0 Å². The molecule has 0 spiro atoms. The molecule has 1 rings (SSSR count). The zero-order valence-electron chi connectivity index (χ0n) is 13.5. The van der Waals surface area contributed by atoms with Crippen molar-refractivity contribution in [3.63, 3.8) is 0 Å². The molecule has 5 heteroatoms. The predicted molar refractivity (Wildman–Crippen MR) is 79.7 cm³/mol. The molecule has 1 heterocycles. The van der Waals surface area contributed by atoms with Gasteiger partial charge in [-0.1, -0.05) is 13.8 Å². The summed E-state index contributed by atoms with van der Waals surface area (Å²) < 4.78 is 5.41. The standard InChI is InChI=1S/C15H30N2O3/c1-11(2)13(10-18)16-12-7-6-8-17(9-12)14(19)20-15(3,4)5/h11-13,16,18H,6-10H2,1-5H3/t12?,13-/m1/s1. The number of ether oxygens (including phenoxy) is 1. The SMILES string of the molecule is CC(C)[C@@H](CO)NC1CCCN(C(=O)OC(C)(C)C)C1. The van der Waals surface area contributed by atoms with E-state index in [1.807, 2.05) is 20.8 Å². The predicted octanol–water partition coefficient (Wildman–Crippen LogP) is 1.99. The number of nitrogens with one attached hydrogen (secondary N) is 1. The molecule has 5 nitrogen and oxygen atoms in total. The second-order valence-corrected chi connectivity index (χ2v) is 6.97. The number of amides is 1. The minimum atomic E-state index is -0.455. The van der Waals surface area contributed by atoms with E-state index in [0.717, 1.165) is 19.4 Å². The highest BCUT2D eigenvalue weighted by Gasteiger charge is 2.28. The van der Waals surface area contributed by atoms with E-state index in [9.17, 15) is 9.90 Å². The van der Waals surface area contributed by atoms with Crippen molar-refractivity contribution in [2.24, 2.45) is 5.92 Å². The summed E-state index contributed by atoms with van der Waals surface area (Å²) >= 11 is 0. The van der Waals surface area contributed by atoms with Crippen LogP contribution in [-0.2, 0) is 4.74 Å². The number of carbonyl (C=O) groups excluding carboxylic acids is 1. The minimum Gasteiger partial charge on any atom is -0.444 e. The Morgan fingerprint density at radius 2 is 2.10 bits per heavy atom. The highest BCUT2D eigenvalue weighted by atomic mass is 16.6. The number of hydrogen-bond acceptors (Lipinski definition) is 4. The molecule has 1 saturated heterocycles. The minimum absolute atomic E-state index is 0.0820. The van der Waals surface area contributed by atoms with Crippen LogP contribution in [0.4, 0.5) is 4.79 Å². The van der Waals surface area contributed by atoms with Crippen LogP contribution in [0.1, 0.15) is 47.5 Å². The van der Waals surface area contributed by atoms with Crippen molar-refractivity contribution in [3.8, 4) is 0 Å². The molecule has 1 unspecified atom stereocenters. The van der Waals surface area contributed by atoms with Crippen LogP contribution in [0.15, 0.2) is 0 Å². The Labute approximate surface area is 122 Å². The van der Waals surface area contributed by atoms with Gasteiger partial charge in [-0.15, -0.1) is 0 Å². The summed E-state index contributed by atoms with van der Waals surface area (Å²) in [7, 11) is 0. The van der Waals surface area contributed by atoms with Crippen molar-refractivity contribution in [2.45, 2.75) is 65.1 Å². The van der Waals surface area contributed by atoms with Gasteiger partial charge >= 0.3 is 6.09 Å². The Hall–Kier alpha value is -0.810. The van der Waals surface area contributed by atoms with E-state index in [1.54, 1.807) is 4.90 Å². The van der Waals surface area contributed by atoms with Crippen LogP contribution in [0.25, 0.3) is 0 Å². The fourth-order valence-corrected chi connectivity index (χ4v) is 2.36. The molecule has 0 aromatic heterocycles. The second-order valence-electron chi connectivity index (χ2n) is 6.97. The number of aliphatic hydroxyl groups excluding tert-OH is 1. The zero-order chi connectivity index (χ0) is 15.3. The topological polar surface area (TPSA) is 61.8 Å². The summed E-state index contributed by atoms with van der Waals surface area (Å²) in [5.74, 6) is 0.372. The molecule has 118 valence electrons. The summed E-state index contributed by atoms with van der Waals surface area (Å²) in [5.41, 5.74) is -0.455. The normalized spacial score (nSPS) is 21.9. The Kier molecular flexibility index (Phi) is 6.27. The smallest absolute Gasteiger partial charge is 0.410 e. The number of nitrogens with zero attached hydrogens (tertiary/aromatic N) is 1. The van der Waals surface area contributed by atoms with E-state index in [-0.39, 0.29) is 24.8 Å². The fraction of sp³-hybridized carbons (Fsp3) is 0.933. The van der Waals surface area contributed by atoms with Crippen molar-refractivity contribution < 1.29 is 14.6 Å². The largest absolute Gasteiger partial charge is 0.444 e. The van der Waals surface area contributed by atoms with Crippen molar-refractivity contribution in [1.82, 2.24) is 10.2 Å². The van der Waals surface area contributed by atoms with Gasteiger partial charge in [-0.25, -0.2) is 4.79 Å². The van der Waals surface area contributed by atoms with E-state index in [1.165, 1.54) is 0 Å². The maximum Gasteiger partial charge on any atom is 0.410 e. The van der Waals surface area contributed by atoms with Gasteiger partial charge in [0.25, 0.3) is 0 Å². The third kappa shape index (κ3) is 5.67. The van der Waals surface area contributed by atoms with Crippen LogP contribution in [0, 0.1) is 5.92 Å². The van der Waals surface area contributed by atoms with Crippen molar-refractivity contribution in [3.05, 3.63) is 0 Å². The first-order valence-electron chi connectivity index (χ1n) is 7.57. The molecule has 20 heavy (non-hydrogen) atoms. The van der Waals surface area contributed by atoms with Crippen LogP contribution in [0.5, 0.6) is 0 Å². The summed E-state index contributed by atoms with van der Waals surface area (Å²) in [6.45, 7) is 11.3. The lowest BCUT2D eigenvalue weighted by Crippen LogP contribution is -2.53. The number of piperidine rings is 1. The van der Waals surface area contributed by atoms with Crippen LogP contribution in [0.3, 0.4) is 0 Å². The molecule has 0 aromatic carbocycles. The van der Waals surface area contributed by atoms with Crippen molar-refractivity contribution in [1.29, 1.82) is 0 Å². The lowest BCUT2D eigenvalue weighted by molar-refractivity contribution is 0.0177. The maximum atomic E-state index is 12.1. The molecular weight excluding hydrogens is 256 g/mol. The van der Waals surface area contributed by atoms with E-state index in [2.05, 4.69) is 19.2 Å². The first-order valence-corrected chi connectivity index (χ1v) is 7.57. The summed E-state index contributed by atoms with van der Waals surface area (Å²) in [6, 6.07) is 0.314. The molecule has 0 bridgehead atoms. The van der Waals surface area contributed by atoms with Crippen molar-refractivity contribution in [2.75, 3.05) is 19.7 Å². The number of likely N-dealkylation sites (tertiary alicyclic amines) is 1. The van der Waals surface area contributed by atoms with Gasteiger partial charge in [-0.05, 0) is 39.5 Å². The summed E-state index contributed by atoms with van der Waals surface area (Å²) in [5, 5.41) is 12.8. The second kappa shape index (κ2) is 7.27. The molecule has 0 aromatic rings. The lowest BCUT2D eigenvalue weighted by atomic mass is 10.0. The number of rotatable bonds is 4. The molecule has 2 atom stereocenters. The van der Waals surface area contributed by atoms with Crippen molar-refractivity contribution >= 4 is 6.09 Å². The molecule has 0 radical (unpaired) electrons. The molecule has 0 aliphatic carbocycles. The number of aliphatic hydroxyl groups is 1. The summed E-state index contributed by atoms with van der Waals surface area (Å²) in [6.07, 6.45) is 1.75. The highest BCUT2D eigenvalue weighted by molar-refractivity contribution is 5.68. The van der Waals surface area contributed by atoms with E-state index in [0.29, 0.717) is 12.5 Å². The van der Waals surface area contributed by atoms with Crippen LogP contribution < -0.4 is 5.32 Å². The van der Waals surface area contributed by atoms with Gasteiger partial charge in [0.2, 0.25) is 0 Å². The molecule has 1 aliphatic rings. The van der Waals surface area contributed by atoms with Crippen LogP contribution in [-0.4, -0.2) is 53.5 Å². The first-order chi connectivity index (χ1) is 9.23.